The number of aryl methyl sites for hydroxylation is 1. The zero-order chi connectivity index (χ0) is 28.7. The van der Waals surface area contributed by atoms with Gasteiger partial charge in [-0.15, -0.1) is 0 Å². The fourth-order valence-corrected chi connectivity index (χ4v) is 3.43. The number of halogens is 1. The van der Waals surface area contributed by atoms with Crippen molar-refractivity contribution in [2.45, 2.75) is 33.2 Å². The molecule has 3 rings (SSSR count). The van der Waals surface area contributed by atoms with E-state index in [2.05, 4.69) is 15.6 Å². The summed E-state index contributed by atoms with van der Waals surface area (Å²) in [5, 5.41) is 13.0. The first-order chi connectivity index (χ1) is 19.0. The summed E-state index contributed by atoms with van der Waals surface area (Å²) in [6, 6.07) is 18.5. The molecule has 212 valence electrons. The van der Waals surface area contributed by atoms with Gasteiger partial charge in [0, 0.05) is 65.1 Å². The second-order valence-corrected chi connectivity index (χ2v) is 8.57. The first kappa shape index (κ1) is 33.2. The van der Waals surface area contributed by atoms with Crippen LogP contribution in [-0.4, -0.2) is 67.2 Å². The second-order valence-electron chi connectivity index (χ2n) is 8.57. The second kappa shape index (κ2) is 21.2. The Balaban J connectivity index is 0.000000370. The Bertz CT molecular complexity index is 1040. The third kappa shape index (κ3) is 16.6. The number of nitrogens with one attached hydrogen (secondary N) is 2. The minimum atomic E-state index is -0.260. The molecule has 3 aromatic rings. The van der Waals surface area contributed by atoms with Gasteiger partial charge >= 0.3 is 0 Å². The van der Waals surface area contributed by atoms with Gasteiger partial charge in [0.05, 0.1) is 6.61 Å². The highest BCUT2D eigenvalue weighted by Crippen LogP contribution is 2.16. The molecule has 8 nitrogen and oxygen atoms in total. The lowest BCUT2D eigenvalue weighted by Crippen LogP contribution is -2.32. The lowest BCUT2D eigenvalue weighted by Gasteiger charge is -2.17. The van der Waals surface area contributed by atoms with E-state index in [0.29, 0.717) is 32.0 Å². The van der Waals surface area contributed by atoms with Crippen LogP contribution in [0.2, 0.25) is 0 Å². The summed E-state index contributed by atoms with van der Waals surface area (Å²) in [7, 11) is 1.00. The average molecular weight is 541 g/mol. The Morgan fingerprint density at radius 3 is 2.38 bits per heavy atom. The predicted molar refractivity (Wildman–Crippen MR) is 152 cm³/mol. The fraction of sp³-hybridized carbons (Fsp3) is 0.367. The largest absolute Gasteiger partial charge is 0.493 e. The topological polar surface area (TPSA) is 104 Å². The van der Waals surface area contributed by atoms with Gasteiger partial charge < -0.3 is 25.4 Å². The standard InChI is InChI=1S/C15H23N3O2.C14H14FNO.CH4O/c1-14(20)17-9-5-8-16-10-11-18(13-19)12-15-6-3-2-4-7-15;1-11-8-13(15)10-14(9-11)17-7-4-12-2-5-16-6-3-12;1-2/h2-4,6-7,13,16H,5,8-12H2,1H3,(H,17,20);2-3,5-6,8-10H,4,7H2,1H3;2H,1H3. The summed E-state index contributed by atoms with van der Waals surface area (Å²) in [5.74, 6) is 0.320. The molecule has 39 heavy (non-hydrogen) atoms. The van der Waals surface area contributed by atoms with Crippen LogP contribution in [0.5, 0.6) is 5.75 Å². The van der Waals surface area contributed by atoms with Gasteiger partial charge in [0.2, 0.25) is 12.3 Å². The number of pyridine rings is 1. The molecule has 0 unspecified atom stereocenters. The van der Waals surface area contributed by atoms with E-state index in [1.165, 1.54) is 19.1 Å². The Morgan fingerprint density at radius 1 is 1.03 bits per heavy atom. The van der Waals surface area contributed by atoms with Crippen LogP contribution in [0.25, 0.3) is 0 Å². The molecule has 3 N–H and O–H groups in total. The van der Waals surface area contributed by atoms with Crippen LogP contribution in [0.3, 0.4) is 0 Å². The van der Waals surface area contributed by atoms with Crippen LogP contribution >= 0.6 is 0 Å². The molecule has 0 spiro atoms. The summed E-state index contributed by atoms with van der Waals surface area (Å²) < 4.78 is 18.6. The number of aromatic nitrogens is 1. The van der Waals surface area contributed by atoms with Crippen LogP contribution in [0.1, 0.15) is 30.0 Å². The molecule has 1 aromatic heterocycles. The van der Waals surface area contributed by atoms with Crippen molar-refractivity contribution in [2.75, 3.05) is 39.9 Å². The van der Waals surface area contributed by atoms with Gasteiger partial charge in [0.1, 0.15) is 11.6 Å². The number of hydrogen-bond donors (Lipinski definition) is 3. The summed E-state index contributed by atoms with van der Waals surface area (Å²) in [4.78, 5) is 27.3. The number of hydrogen-bond acceptors (Lipinski definition) is 6. The first-order valence-electron chi connectivity index (χ1n) is 12.9. The normalized spacial score (nSPS) is 9.77. The zero-order valence-corrected chi connectivity index (χ0v) is 23.1. The Labute approximate surface area is 231 Å². The van der Waals surface area contributed by atoms with Crippen molar-refractivity contribution in [1.29, 1.82) is 0 Å². The van der Waals surface area contributed by atoms with Crippen LogP contribution < -0.4 is 15.4 Å². The van der Waals surface area contributed by atoms with Crippen LogP contribution in [-0.2, 0) is 22.6 Å². The molecule has 0 radical (unpaired) electrons. The van der Waals surface area contributed by atoms with Gasteiger partial charge in [-0.25, -0.2) is 4.39 Å². The van der Waals surface area contributed by atoms with Crippen LogP contribution in [0, 0.1) is 12.7 Å². The van der Waals surface area contributed by atoms with E-state index in [0.717, 1.165) is 56.1 Å². The van der Waals surface area contributed by atoms with Crippen LogP contribution in [0.15, 0.2) is 73.1 Å². The molecule has 9 heteroatoms. The summed E-state index contributed by atoms with van der Waals surface area (Å²) in [6.45, 7) is 7.48. The van der Waals surface area contributed by atoms with Crippen molar-refractivity contribution in [3.63, 3.8) is 0 Å². The average Bonchev–Trinajstić information content (AvgIpc) is 2.94. The molecule has 0 saturated heterocycles. The highest BCUT2D eigenvalue weighted by molar-refractivity contribution is 5.72. The molecule has 0 bridgehead atoms. The molecule has 2 aromatic carbocycles. The van der Waals surface area contributed by atoms with Crippen molar-refractivity contribution in [2.24, 2.45) is 0 Å². The molecule has 0 aliphatic heterocycles. The van der Waals surface area contributed by atoms with E-state index in [1.54, 1.807) is 17.3 Å². The third-order valence-corrected chi connectivity index (χ3v) is 5.28. The maximum Gasteiger partial charge on any atom is 0.216 e. The maximum atomic E-state index is 13.1. The van der Waals surface area contributed by atoms with Crippen molar-refractivity contribution < 1.29 is 23.8 Å². The van der Waals surface area contributed by atoms with E-state index in [4.69, 9.17) is 9.84 Å². The molecule has 2 amide bonds. The molecule has 0 aliphatic carbocycles. The van der Waals surface area contributed by atoms with Gasteiger partial charge in [-0.05, 0) is 60.8 Å². The van der Waals surface area contributed by atoms with Crippen molar-refractivity contribution in [3.05, 3.63) is 95.6 Å². The molecule has 1 heterocycles. The van der Waals surface area contributed by atoms with Crippen LogP contribution in [0.4, 0.5) is 4.39 Å². The predicted octanol–water partition coefficient (Wildman–Crippen LogP) is 3.52. The molecule has 0 saturated carbocycles. The summed E-state index contributed by atoms with van der Waals surface area (Å²) >= 11 is 0. The minimum Gasteiger partial charge on any atom is -0.493 e. The van der Waals surface area contributed by atoms with Gasteiger partial charge in [-0.3, -0.25) is 14.6 Å². The van der Waals surface area contributed by atoms with Gasteiger partial charge in [0.25, 0.3) is 0 Å². The molecule has 0 atom stereocenters. The number of aliphatic hydroxyl groups excluding tert-OH is 1. The van der Waals surface area contributed by atoms with E-state index >= 15 is 0 Å². The SMILES string of the molecule is CC(=O)NCCCNCCN(C=O)Cc1ccccc1.CO.Cc1cc(F)cc(OCCc2ccncc2)c1. The Morgan fingerprint density at radius 2 is 1.74 bits per heavy atom. The van der Waals surface area contributed by atoms with E-state index in [1.807, 2.05) is 55.5 Å². The highest BCUT2D eigenvalue weighted by Gasteiger charge is 2.02. The zero-order valence-electron chi connectivity index (χ0n) is 23.1. The fourth-order valence-electron chi connectivity index (χ4n) is 3.43. The molecular formula is C30H41FN4O4. The van der Waals surface area contributed by atoms with Gasteiger partial charge in [-0.1, -0.05) is 30.3 Å². The molecule has 0 fully saturated rings. The quantitative estimate of drug-likeness (QED) is 0.214. The third-order valence-electron chi connectivity index (χ3n) is 5.28. The van der Waals surface area contributed by atoms with Gasteiger partial charge in [-0.2, -0.15) is 0 Å². The molecule has 0 aliphatic rings. The van der Waals surface area contributed by atoms with Gasteiger partial charge in [0.15, 0.2) is 0 Å². The molecular weight excluding hydrogens is 499 g/mol. The Kier molecular flexibility index (Phi) is 18.0. The van der Waals surface area contributed by atoms with Crippen molar-refractivity contribution in [3.8, 4) is 5.75 Å². The maximum absolute atomic E-state index is 13.1. The lowest BCUT2D eigenvalue weighted by molar-refractivity contribution is -0.119. The van der Waals surface area contributed by atoms with Crippen molar-refractivity contribution in [1.82, 2.24) is 20.5 Å². The Hall–Kier alpha value is -3.82. The number of carbonyl (C=O) groups excluding carboxylic acids is 2. The summed E-state index contributed by atoms with van der Waals surface area (Å²) in [5.41, 5.74) is 3.15. The number of carbonyl (C=O) groups is 2. The smallest absolute Gasteiger partial charge is 0.216 e. The number of nitrogens with zero attached hydrogens (tertiary/aromatic N) is 2. The van der Waals surface area contributed by atoms with E-state index in [-0.39, 0.29) is 11.7 Å². The number of aliphatic hydroxyl groups is 1. The summed E-state index contributed by atoms with van der Waals surface area (Å²) in [6.07, 6.45) is 6.06. The minimum absolute atomic E-state index is 0.00000821. The number of benzene rings is 2. The number of amides is 2. The highest BCUT2D eigenvalue weighted by atomic mass is 19.1. The first-order valence-corrected chi connectivity index (χ1v) is 12.9. The monoisotopic (exact) mass is 540 g/mol. The van der Waals surface area contributed by atoms with E-state index in [9.17, 15) is 14.0 Å². The number of rotatable bonds is 14. The number of ether oxygens (including phenoxy) is 1. The van der Waals surface area contributed by atoms with E-state index < -0.39 is 0 Å². The van der Waals surface area contributed by atoms with Crippen molar-refractivity contribution >= 4 is 12.3 Å². The lowest BCUT2D eigenvalue weighted by atomic mass is 10.2.